The minimum absolute atomic E-state index is 0.0707. The zero-order chi connectivity index (χ0) is 15.2. The van der Waals surface area contributed by atoms with Crippen LogP contribution in [0.4, 0.5) is 4.39 Å². The van der Waals surface area contributed by atoms with Gasteiger partial charge in [0.25, 0.3) is 0 Å². The Kier molecular flexibility index (Phi) is 6.43. The molecule has 0 aliphatic rings. The van der Waals surface area contributed by atoms with E-state index in [-0.39, 0.29) is 23.2 Å². The van der Waals surface area contributed by atoms with Crippen molar-refractivity contribution >= 4 is 0 Å². The summed E-state index contributed by atoms with van der Waals surface area (Å²) in [6.07, 6.45) is 1.56. The predicted molar refractivity (Wildman–Crippen MR) is 79.6 cm³/mol. The van der Waals surface area contributed by atoms with Gasteiger partial charge in [-0.2, -0.15) is 0 Å². The fraction of sp³-hybridized carbons (Fsp3) is 0.625. The molecule has 2 N–H and O–H groups in total. The highest BCUT2D eigenvalue weighted by Crippen LogP contribution is 2.19. The van der Waals surface area contributed by atoms with E-state index in [2.05, 4.69) is 0 Å². The fourth-order valence-corrected chi connectivity index (χ4v) is 1.73. The zero-order valence-electron chi connectivity index (χ0n) is 12.9. The topological polar surface area (TPSA) is 44.5 Å². The maximum Gasteiger partial charge on any atom is 0.165 e. The van der Waals surface area contributed by atoms with Gasteiger partial charge < -0.3 is 15.2 Å². The minimum Gasteiger partial charge on any atom is -0.488 e. The number of rotatable bonds is 7. The van der Waals surface area contributed by atoms with Gasteiger partial charge in [0.2, 0.25) is 0 Å². The second-order valence-corrected chi connectivity index (χ2v) is 5.95. The van der Waals surface area contributed by atoms with Crippen molar-refractivity contribution in [3.8, 4) is 5.75 Å². The monoisotopic (exact) mass is 283 g/mol. The lowest BCUT2D eigenvalue weighted by Gasteiger charge is -2.19. The van der Waals surface area contributed by atoms with E-state index in [0.29, 0.717) is 19.6 Å². The van der Waals surface area contributed by atoms with Crippen molar-refractivity contribution in [3.63, 3.8) is 0 Å². The molecule has 0 saturated heterocycles. The summed E-state index contributed by atoms with van der Waals surface area (Å²) in [6.45, 7) is 8.71. The zero-order valence-corrected chi connectivity index (χ0v) is 12.9. The molecule has 0 aliphatic carbocycles. The molecule has 0 saturated carbocycles. The Hall–Kier alpha value is -1.13. The molecule has 0 aliphatic heterocycles. The van der Waals surface area contributed by atoms with Crippen LogP contribution in [0.1, 0.15) is 39.7 Å². The van der Waals surface area contributed by atoms with E-state index in [1.807, 2.05) is 33.8 Å². The SMILES string of the molecule is CCC(N)Cc1ccc(OCCOC(C)(C)C)c(F)c1. The summed E-state index contributed by atoms with van der Waals surface area (Å²) < 4.78 is 24.8. The minimum atomic E-state index is -0.346. The Balaban J connectivity index is 2.47. The standard InChI is InChI=1S/C16H26FNO2/c1-5-13(18)10-12-6-7-15(14(17)11-12)19-8-9-20-16(2,3)4/h6-7,11,13H,5,8-10,18H2,1-4H3. The van der Waals surface area contributed by atoms with E-state index < -0.39 is 0 Å². The smallest absolute Gasteiger partial charge is 0.165 e. The van der Waals surface area contributed by atoms with Gasteiger partial charge >= 0.3 is 0 Å². The Morgan fingerprint density at radius 1 is 1.25 bits per heavy atom. The van der Waals surface area contributed by atoms with E-state index in [4.69, 9.17) is 15.2 Å². The first kappa shape index (κ1) is 16.9. The molecule has 4 heteroatoms. The first-order chi connectivity index (χ1) is 9.31. The summed E-state index contributed by atoms with van der Waals surface area (Å²) in [5, 5.41) is 0. The lowest BCUT2D eigenvalue weighted by Crippen LogP contribution is -2.22. The quantitative estimate of drug-likeness (QED) is 0.781. The molecule has 0 fully saturated rings. The van der Waals surface area contributed by atoms with Crippen LogP contribution in [-0.4, -0.2) is 24.9 Å². The number of hydrogen-bond acceptors (Lipinski definition) is 3. The molecule has 0 aromatic heterocycles. The normalized spacial score (nSPS) is 13.3. The summed E-state index contributed by atoms with van der Waals surface area (Å²) in [5.74, 6) is -0.0853. The van der Waals surface area contributed by atoms with Crippen LogP contribution in [0, 0.1) is 5.82 Å². The number of halogens is 1. The highest BCUT2D eigenvalue weighted by Gasteiger charge is 2.11. The molecule has 0 radical (unpaired) electrons. The number of benzene rings is 1. The molecule has 114 valence electrons. The Morgan fingerprint density at radius 2 is 1.95 bits per heavy atom. The van der Waals surface area contributed by atoms with Crippen LogP contribution in [0.3, 0.4) is 0 Å². The van der Waals surface area contributed by atoms with Crippen molar-refractivity contribution in [2.75, 3.05) is 13.2 Å². The molecule has 0 amide bonds. The molecule has 0 heterocycles. The molecule has 0 spiro atoms. The average molecular weight is 283 g/mol. The molecular weight excluding hydrogens is 257 g/mol. The largest absolute Gasteiger partial charge is 0.488 e. The van der Waals surface area contributed by atoms with E-state index in [0.717, 1.165) is 12.0 Å². The van der Waals surface area contributed by atoms with Crippen molar-refractivity contribution in [2.24, 2.45) is 5.73 Å². The second-order valence-electron chi connectivity index (χ2n) is 5.95. The van der Waals surface area contributed by atoms with Gasteiger partial charge in [0.15, 0.2) is 11.6 Å². The molecule has 1 rings (SSSR count). The lowest BCUT2D eigenvalue weighted by molar-refractivity contribution is -0.0166. The van der Waals surface area contributed by atoms with Gasteiger partial charge in [-0.3, -0.25) is 0 Å². The summed E-state index contributed by atoms with van der Waals surface area (Å²) >= 11 is 0. The maximum atomic E-state index is 13.9. The van der Waals surface area contributed by atoms with Crippen LogP contribution in [0.25, 0.3) is 0 Å². The highest BCUT2D eigenvalue weighted by molar-refractivity contribution is 5.29. The lowest BCUT2D eigenvalue weighted by atomic mass is 10.0. The second kappa shape index (κ2) is 7.60. The number of hydrogen-bond donors (Lipinski definition) is 1. The van der Waals surface area contributed by atoms with Gasteiger partial charge in [-0.1, -0.05) is 13.0 Å². The molecule has 1 aromatic carbocycles. The summed E-state index contributed by atoms with van der Waals surface area (Å²) in [6, 6.07) is 5.08. The van der Waals surface area contributed by atoms with Gasteiger partial charge in [0.05, 0.1) is 12.2 Å². The van der Waals surface area contributed by atoms with Crippen LogP contribution >= 0.6 is 0 Å². The van der Waals surface area contributed by atoms with Crippen LogP contribution in [0.2, 0.25) is 0 Å². The first-order valence-electron chi connectivity index (χ1n) is 7.12. The summed E-state index contributed by atoms with van der Waals surface area (Å²) in [4.78, 5) is 0. The highest BCUT2D eigenvalue weighted by atomic mass is 19.1. The van der Waals surface area contributed by atoms with E-state index >= 15 is 0 Å². The molecular formula is C16H26FNO2. The third-order valence-corrected chi connectivity index (χ3v) is 2.89. The van der Waals surface area contributed by atoms with Gasteiger partial charge in [-0.05, 0) is 51.3 Å². The molecule has 1 unspecified atom stereocenters. The van der Waals surface area contributed by atoms with Crippen molar-refractivity contribution in [1.29, 1.82) is 0 Å². The van der Waals surface area contributed by atoms with Crippen LogP contribution < -0.4 is 10.5 Å². The van der Waals surface area contributed by atoms with Crippen LogP contribution in [0.5, 0.6) is 5.75 Å². The third kappa shape index (κ3) is 6.35. The Labute approximate surface area is 121 Å². The van der Waals surface area contributed by atoms with Crippen molar-refractivity contribution in [2.45, 2.75) is 52.2 Å². The van der Waals surface area contributed by atoms with Crippen molar-refractivity contribution in [1.82, 2.24) is 0 Å². The molecule has 1 aromatic rings. The van der Waals surface area contributed by atoms with Crippen molar-refractivity contribution in [3.05, 3.63) is 29.6 Å². The maximum absolute atomic E-state index is 13.9. The number of nitrogens with two attached hydrogens (primary N) is 1. The Morgan fingerprint density at radius 3 is 2.50 bits per heavy atom. The van der Waals surface area contributed by atoms with Gasteiger partial charge in [0.1, 0.15) is 6.61 Å². The number of ether oxygens (including phenoxy) is 2. The van der Waals surface area contributed by atoms with Gasteiger partial charge in [0, 0.05) is 6.04 Å². The average Bonchev–Trinajstić information content (AvgIpc) is 2.35. The Bertz CT molecular complexity index is 415. The van der Waals surface area contributed by atoms with E-state index in [1.54, 1.807) is 6.07 Å². The fourth-order valence-electron chi connectivity index (χ4n) is 1.73. The van der Waals surface area contributed by atoms with Crippen LogP contribution in [-0.2, 0) is 11.2 Å². The summed E-state index contributed by atoms with van der Waals surface area (Å²) in [7, 11) is 0. The third-order valence-electron chi connectivity index (χ3n) is 2.89. The van der Waals surface area contributed by atoms with Crippen molar-refractivity contribution < 1.29 is 13.9 Å². The molecule has 20 heavy (non-hydrogen) atoms. The molecule has 0 bridgehead atoms. The summed E-state index contributed by atoms with van der Waals surface area (Å²) in [5.41, 5.74) is 6.55. The van der Waals surface area contributed by atoms with Crippen LogP contribution in [0.15, 0.2) is 18.2 Å². The molecule has 3 nitrogen and oxygen atoms in total. The van der Waals surface area contributed by atoms with E-state index in [9.17, 15) is 4.39 Å². The predicted octanol–water partition coefficient (Wildman–Crippen LogP) is 3.30. The van der Waals surface area contributed by atoms with E-state index in [1.165, 1.54) is 6.07 Å². The molecule has 1 atom stereocenters. The van der Waals surface area contributed by atoms with Gasteiger partial charge in [-0.15, -0.1) is 0 Å². The van der Waals surface area contributed by atoms with Gasteiger partial charge in [-0.25, -0.2) is 4.39 Å². The first-order valence-corrected chi connectivity index (χ1v) is 7.12.